The van der Waals surface area contributed by atoms with Gasteiger partial charge in [-0.1, -0.05) is 30.3 Å². The molecule has 2 N–H and O–H groups in total. The lowest BCUT2D eigenvalue weighted by molar-refractivity contribution is -0.153. The van der Waals surface area contributed by atoms with Crippen LogP contribution in [-0.4, -0.2) is 72.8 Å². The van der Waals surface area contributed by atoms with Crippen LogP contribution in [0.25, 0.3) is 0 Å². The highest BCUT2D eigenvalue weighted by molar-refractivity contribution is 7.88. The molecule has 0 aromatic heterocycles. The number of benzene rings is 1. The predicted octanol–water partition coefficient (Wildman–Crippen LogP) is -0.662. The van der Waals surface area contributed by atoms with Gasteiger partial charge in [0.2, 0.25) is 10.0 Å². The number of aliphatic hydroxyl groups excluding tert-OH is 2. The second-order valence-electron chi connectivity index (χ2n) is 6.19. The third-order valence-corrected chi connectivity index (χ3v) is 5.58. The Bertz CT molecular complexity index is 643. The van der Waals surface area contributed by atoms with Crippen molar-refractivity contribution in [2.45, 2.75) is 30.5 Å². The van der Waals surface area contributed by atoms with Crippen molar-refractivity contribution in [1.29, 1.82) is 0 Å². The molecule has 2 aliphatic rings. The van der Waals surface area contributed by atoms with Gasteiger partial charge in [0.05, 0.1) is 19.5 Å². The van der Waals surface area contributed by atoms with Gasteiger partial charge in [-0.05, 0) is 5.56 Å². The lowest BCUT2D eigenvalue weighted by atomic mass is 9.89. The minimum Gasteiger partial charge on any atom is -0.387 e. The Kier molecular flexibility index (Phi) is 4.47. The Morgan fingerprint density at radius 3 is 2.57 bits per heavy atom. The SMILES string of the molecule is CS(=O)(=O)N1CC2(C1)O[C@H](COCc1ccccc1)[C@@H](O)[C@H]2O. The van der Waals surface area contributed by atoms with Gasteiger partial charge in [-0.15, -0.1) is 0 Å². The van der Waals surface area contributed by atoms with Gasteiger partial charge >= 0.3 is 0 Å². The third kappa shape index (κ3) is 3.28. The molecule has 23 heavy (non-hydrogen) atoms. The van der Waals surface area contributed by atoms with Crippen LogP contribution in [0.3, 0.4) is 0 Å². The molecular weight excluding hydrogens is 322 g/mol. The van der Waals surface area contributed by atoms with Crippen molar-refractivity contribution in [3.8, 4) is 0 Å². The molecule has 0 amide bonds. The van der Waals surface area contributed by atoms with E-state index in [1.165, 1.54) is 4.31 Å². The average Bonchev–Trinajstić information content (AvgIpc) is 2.71. The number of aliphatic hydroxyl groups is 2. The molecule has 128 valence electrons. The largest absolute Gasteiger partial charge is 0.387 e. The van der Waals surface area contributed by atoms with Gasteiger partial charge in [-0.25, -0.2) is 8.42 Å². The molecule has 0 radical (unpaired) electrons. The lowest BCUT2D eigenvalue weighted by Crippen LogP contribution is -2.68. The third-order valence-electron chi connectivity index (χ3n) is 4.38. The Labute approximate surface area is 135 Å². The Morgan fingerprint density at radius 1 is 1.30 bits per heavy atom. The molecule has 7 nitrogen and oxygen atoms in total. The van der Waals surface area contributed by atoms with Gasteiger partial charge in [0.25, 0.3) is 0 Å². The highest BCUT2D eigenvalue weighted by atomic mass is 32.2. The first-order chi connectivity index (χ1) is 10.8. The molecule has 1 spiro atoms. The fourth-order valence-corrected chi connectivity index (χ4v) is 3.91. The van der Waals surface area contributed by atoms with Crippen molar-refractivity contribution in [1.82, 2.24) is 4.31 Å². The summed E-state index contributed by atoms with van der Waals surface area (Å²) in [6.07, 6.45) is -1.77. The second-order valence-corrected chi connectivity index (χ2v) is 8.17. The number of rotatable bonds is 5. The summed E-state index contributed by atoms with van der Waals surface area (Å²) in [6.45, 7) is 0.623. The van der Waals surface area contributed by atoms with E-state index in [1.807, 2.05) is 30.3 Å². The molecule has 2 saturated heterocycles. The van der Waals surface area contributed by atoms with Crippen molar-refractivity contribution in [2.75, 3.05) is 26.0 Å². The minimum absolute atomic E-state index is 0.0548. The average molecular weight is 343 g/mol. The molecule has 3 atom stereocenters. The van der Waals surface area contributed by atoms with Gasteiger partial charge in [-0.2, -0.15) is 4.31 Å². The number of hydrogen-bond acceptors (Lipinski definition) is 6. The number of hydrogen-bond donors (Lipinski definition) is 2. The van der Waals surface area contributed by atoms with Crippen LogP contribution in [0.15, 0.2) is 30.3 Å². The molecule has 0 unspecified atom stereocenters. The van der Waals surface area contributed by atoms with E-state index in [2.05, 4.69) is 0 Å². The summed E-state index contributed by atoms with van der Waals surface area (Å²) >= 11 is 0. The Balaban J connectivity index is 1.54. The van der Waals surface area contributed by atoms with E-state index in [-0.39, 0.29) is 19.7 Å². The first-order valence-corrected chi connectivity index (χ1v) is 9.27. The molecule has 0 saturated carbocycles. The van der Waals surface area contributed by atoms with Gasteiger partial charge in [0.15, 0.2) is 0 Å². The first kappa shape index (κ1) is 16.8. The Morgan fingerprint density at radius 2 is 1.96 bits per heavy atom. The molecular formula is C15H21NO6S. The van der Waals surface area contributed by atoms with Gasteiger partial charge in [0.1, 0.15) is 23.9 Å². The van der Waals surface area contributed by atoms with Crippen molar-refractivity contribution < 1.29 is 28.1 Å². The molecule has 1 aromatic rings. The quantitative estimate of drug-likeness (QED) is 0.737. The maximum atomic E-state index is 11.5. The molecule has 0 aliphatic carbocycles. The van der Waals surface area contributed by atoms with Crippen LogP contribution < -0.4 is 0 Å². The van der Waals surface area contributed by atoms with Gasteiger partial charge in [-0.3, -0.25) is 0 Å². The fourth-order valence-electron chi connectivity index (χ4n) is 3.00. The van der Waals surface area contributed by atoms with E-state index >= 15 is 0 Å². The van der Waals surface area contributed by atoms with Crippen LogP contribution in [0.4, 0.5) is 0 Å². The van der Waals surface area contributed by atoms with Gasteiger partial charge in [0, 0.05) is 13.1 Å². The van der Waals surface area contributed by atoms with E-state index in [9.17, 15) is 18.6 Å². The van der Waals surface area contributed by atoms with Crippen LogP contribution in [0.1, 0.15) is 5.56 Å². The van der Waals surface area contributed by atoms with E-state index in [1.54, 1.807) is 0 Å². The summed E-state index contributed by atoms with van der Waals surface area (Å²) in [5.41, 5.74) is -0.0225. The van der Waals surface area contributed by atoms with Crippen LogP contribution in [0.5, 0.6) is 0 Å². The predicted molar refractivity (Wildman–Crippen MR) is 82.1 cm³/mol. The number of ether oxygens (including phenoxy) is 2. The van der Waals surface area contributed by atoms with Gasteiger partial charge < -0.3 is 19.7 Å². The first-order valence-electron chi connectivity index (χ1n) is 7.43. The monoisotopic (exact) mass is 343 g/mol. The smallest absolute Gasteiger partial charge is 0.211 e. The highest BCUT2D eigenvalue weighted by Gasteiger charge is 2.61. The number of sulfonamides is 1. The summed E-state index contributed by atoms with van der Waals surface area (Å²) in [5.74, 6) is 0. The summed E-state index contributed by atoms with van der Waals surface area (Å²) in [7, 11) is -3.31. The molecule has 3 rings (SSSR count). The Hall–Kier alpha value is -1.03. The maximum Gasteiger partial charge on any atom is 0.211 e. The molecule has 0 bridgehead atoms. The van der Waals surface area contributed by atoms with Crippen LogP contribution in [0.2, 0.25) is 0 Å². The van der Waals surface area contributed by atoms with E-state index in [4.69, 9.17) is 9.47 Å². The van der Waals surface area contributed by atoms with E-state index in [0.717, 1.165) is 11.8 Å². The molecule has 2 heterocycles. The fraction of sp³-hybridized carbons (Fsp3) is 0.600. The van der Waals surface area contributed by atoms with Crippen LogP contribution >= 0.6 is 0 Å². The van der Waals surface area contributed by atoms with E-state index < -0.39 is 33.9 Å². The zero-order valence-corrected chi connectivity index (χ0v) is 13.6. The molecule has 2 fully saturated rings. The lowest BCUT2D eigenvalue weighted by Gasteiger charge is -2.47. The zero-order valence-electron chi connectivity index (χ0n) is 12.8. The normalized spacial score (nSPS) is 30.5. The van der Waals surface area contributed by atoms with Crippen molar-refractivity contribution in [2.24, 2.45) is 0 Å². The van der Waals surface area contributed by atoms with E-state index in [0.29, 0.717) is 6.61 Å². The summed E-state index contributed by atoms with van der Waals surface area (Å²) in [5, 5.41) is 20.3. The highest BCUT2D eigenvalue weighted by Crippen LogP contribution is 2.39. The summed E-state index contributed by atoms with van der Waals surface area (Å²) < 4.78 is 35.4. The molecule has 2 aliphatic heterocycles. The van der Waals surface area contributed by atoms with Crippen molar-refractivity contribution in [3.63, 3.8) is 0 Å². The van der Waals surface area contributed by atoms with Crippen molar-refractivity contribution in [3.05, 3.63) is 35.9 Å². The topological polar surface area (TPSA) is 96.3 Å². The second kappa shape index (κ2) is 6.12. The maximum absolute atomic E-state index is 11.5. The number of nitrogens with zero attached hydrogens (tertiary/aromatic N) is 1. The summed E-state index contributed by atoms with van der Waals surface area (Å²) in [4.78, 5) is 0. The zero-order chi connectivity index (χ0) is 16.7. The summed E-state index contributed by atoms with van der Waals surface area (Å²) in [6, 6.07) is 9.59. The molecule has 8 heteroatoms. The van der Waals surface area contributed by atoms with Crippen LogP contribution in [0, 0.1) is 0 Å². The molecule has 1 aromatic carbocycles. The van der Waals surface area contributed by atoms with Crippen molar-refractivity contribution >= 4 is 10.0 Å². The minimum atomic E-state index is -3.31. The van der Waals surface area contributed by atoms with Crippen LogP contribution in [-0.2, 0) is 26.1 Å². The standard InChI is InChI=1S/C15H21NO6S/c1-23(19,20)16-9-15(10-16)14(18)13(17)12(22-15)8-21-7-11-5-3-2-4-6-11/h2-6,12-14,17-18H,7-10H2,1H3/t12-,13-,14-/m1/s1.